The van der Waals surface area contributed by atoms with Gasteiger partial charge in [-0.15, -0.1) is 0 Å². The Bertz CT molecular complexity index is 345. The molecule has 0 aliphatic carbocycles. The fourth-order valence-electron chi connectivity index (χ4n) is 1.88. The first-order chi connectivity index (χ1) is 11.3. The SMILES string of the molecule is CC(C)(C)OC(=O)NCCCNCCCCNCCCNC(=O)O. The topological polar surface area (TPSA) is 112 Å². The van der Waals surface area contributed by atoms with Crippen LogP contribution in [0.4, 0.5) is 9.59 Å². The number of carbonyl (C=O) groups excluding carboxylic acids is 1. The molecule has 0 unspecified atom stereocenters. The Morgan fingerprint density at radius 1 is 0.792 bits per heavy atom. The molecule has 0 aromatic heterocycles. The Morgan fingerprint density at radius 2 is 1.25 bits per heavy atom. The Morgan fingerprint density at radius 3 is 1.71 bits per heavy atom. The summed E-state index contributed by atoms with van der Waals surface area (Å²) >= 11 is 0. The van der Waals surface area contributed by atoms with E-state index < -0.39 is 11.7 Å². The maximum atomic E-state index is 11.4. The van der Waals surface area contributed by atoms with E-state index in [0.717, 1.165) is 51.9 Å². The van der Waals surface area contributed by atoms with Crippen LogP contribution >= 0.6 is 0 Å². The number of hydrogen-bond donors (Lipinski definition) is 5. The van der Waals surface area contributed by atoms with Gasteiger partial charge < -0.3 is 31.1 Å². The monoisotopic (exact) mass is 346 g/mol. The maximum Gasteiger partial charge on any atom is 0.407 e. The van der Waals surface area contributed by atoms with E-state index in [1.807, 2.05) is 20.8 Å². The van der Waals surface area contributed by atoms with Gasteiger partial charge in [-0.3, -0.25) is 0 Å². The van der Waals surface area contributed by atoms with Crippen LogP contribution in [0.2, 0.25) is 0 Å². The molecule has 0 saturated heterocycles. The zero-order chi connectivity index (χ0) is 18.3. The van der Waals surface area contributed by atoms with E-state index >= 15 is 0 Å². The number of alkyl carbamates (subject to hydrolysis) is 1. The molecule has 0 atom stereocenters. The average molecular weight is 346 g/mol. The molecule has 0 rings (SSSR count). The summed E-state index contributed by atoms with van der Waals surface area (Å²) in [6.07, 6.45) is 2.49. The molecular formula is C16H34N4O4. The van der Waals surface area contributed by atoms with E-state index in [9.17, 15) is 9.59 Å². The molecule has 8 heteroatoms. The minimum Gasteiger partial charge on any atom is -0.465 e. The van der Waals surface area contributed by atoms with Gasteiger partial charge in [0.1, 0.15) is 5.60 Å². The van der Waals surface area contributed by atoms with Crippen molar-refractivity contribution in [3.8, 4) is 0 Å². The maximum absolute atomic E-state index is 11.4. The van der Waals surface area contributed by atoms with Gasteiger partial charge >= 0.3 is 12.2 Å². The Balaban J connectivity index is 3.18. The summed E-state index contributed by atoms with van der Waals surface area (Å²) < 4.78 is 5.15. The van der Waals surface area contributed by atoms with Crippen molar-refractivity contribution in [2.75, 3.05) is 39.3 Å². The molecule has 0 radical (unpaired) electrons. The number of unbranched alkanes of at least 4 members (excludes halogenated alkanes) is 1. The van der Waals surface area contributed by atoms with Crippen molar-refractivity contribution in [3.05, 3.63) is 0 Å². The van der Waals surface area contributed by atoms with Gasteiger partial charge in [0.15, 0.2) is 0 Å². The van der Waals surface area contributed by atoms with Gasteiger partial charge in [-0.25, -0.2) is 9.59 Å². The standard InChI is InChI=1S/C16H34N4O4/c1-16(2,3)24-15(23)20-13-7-11-18-9-5-4-8-17-10-6-12-19-14(21)22/h17-19H,4-13H2,1-3H3,(H,20,23)(H,21,22). The first kappa shape index (κ1) is 22.5. The van der Waals surface area contributed by atoms with Crippen LogP contribution in [-0.4, -0.2) is 62.2 Å². The first-order valence-corrected chi connectivity index (χ1v) is 8.66. The largest absolute Gasteiger partial charge is 0.465 e. The molecule has 0 heterocycles. The third kappa shape index (κ3) is 18.5. The second kappa shape index (κ2) is 13.9. The molecule has 0 aromatic carbocycles. The van der Waals surface area contributed by atoms with Crippen LogP contribution < -0.4 is 21.3 Å². The van der Waals surface area contributed by atoms with Crippen molar-refractivity contribution >= 4 is 12.2 Å². The fraction of sp³-hybridized carbons (Fsp3) is 0.875. The lowest BCUT2D eigenvalue weighted by Crippen LogP contribution is -2.34. The molecule has 2 amide bonds. The first-order valence-electron chi connectivity index (χ1n) is 8.66. The summed E-state index contributed by atoms with van der Waals surface area (Å²) in [6, 6.07) is 0. The molecule has 24 heavy (non-hydrogen) atoms. The number of carboxylic acid groups (broad SMARTS) is 1. The third-order valence-electron chi connectivity index (χ3n) is 2.96. The van der Waals surface area contributed by atoms with Crippen LogP contribution in [0.1, 0.15) is 46.5 Å². The second-order valence-corrected chi connectivity index (χ2v) is 6.57. The molecule has 0 bridgehead atoms. The number of ether oxygens (including phenoxy) is 1. The van der Waals surface area contributed by atoms with Crippen molar-refractivity contribution in [3.63, 3.8) is 0 Å². The lowest BCUT2D eigenvalue weighted by Gasteiger charge is -2.19. The Labute approximate surface area is 145 Å². The zero-order valence-corrected chi connectivity index (χ0v) is 15.2. The van der Waals surface area contributed by atoms with Crippen LogP contribution in [-0.2, 0) is 4.74 Å². The summed E-state index contributed by atoms with van der Waals surface area (Å²) in [4.78, 5) is 21.6. The predicted molar refractivity (Wildman–Crippen MR) is 94.5 cm³/mol. The highest BCUT2D eigenvalue weighted by atomic mass is 16.6. The van der Waals surface area contributed by atoms with Crippen molar-refractivity contribution in [2.24, 2.45) is 0 Å². The predicted octanol–water partition coefficient (Wildman–Crippen LogP) is 1.52. The molecule has 0 spiro atoms. The lowest BCUT2D eigenvalue weighted by molar-refractivity contribution is 0.0527. The third-order valence-corrected chi connectivity index (χ3v) is 2.96. The van der Waals surface area contributed by atoms with Gasteiger partial charge in [0, 0.05) is 13.1 Å². The quantitative estimate of drug-likeness (QED) is 0.323. The average Bonchev–Trinajstić information content (AvgIpc) is 2.45. The molecule has 0 fully saturated rings. The number of amides is 2. The summed E-state index contributed by atoms with van der Waals surface area (Å²) in [7, 11) is 0. The Hall–Kier alpha value is -1.54. The minimum atomic E-state index is -0.970. The van der Waals surface area contributed by atoms with E-state index in [4.69, 9.17) is 9.84 Å². The summed E-state index contributed by atoms with van der Waals surface area (Å²) in [5, 5.41) is 20.1. The molecule has 0 aliphatic rings. The summed E-state index contributed by atoms with van der Waals surface area (Å²) in [6.45, 7) is 10.2. The van der Waals surface area contributed by atoms with Gasteiger partial charge in [0.05, 0.1) is 0 Å². The van der Waals surface area contributed by atoms with Crippen LogP contribution in [0.5, 0.6) is 0 Å². The molecule has 0 aliphatic heterocycles. The van der Waals surface area contributed by atoms with Crippen molar-refractivity contribution in [1.82, 2.24) is 21.3 Å². The van der Waals surface area contributed by atoms with E-state index in [-0.39, 0.29) is 6.09 Å². The van der Waals surface area contributed by atoms with Gasteiger partial charge in [0.2, 0.25) is 0 Å². The molecule has 5 N–H and O–H groups in total. The summed E-state index contributed by atoms with van der Waals surface area (Å²) in [5.41, 5.74) is -0.455. The van der Waals surface area contributed by atoms with Gasteiger partial charge in [0.25, 0.3) is 0 Å². The molecule has 8 nitrogen and oxygen atoms in total. The van der Waals surface area contributed by atoms with Gasteiger partial charge in [-0.1, -0.05) is 0 Å². The van der Waals surface area contributed by atoms with Crippen LogP contribution in [0.3, 0.4) is 0 Å². The molecule has 0 saturated carbocycles. The van der Waals surface area contributed by atoms with Crippen LogP contribution in [0.25, 0.3) is 0 Å². The Kier molecular flexibility index (Phi) is 13.0. The smallest absolute Gasteiger partial charge is 0.407 e. The van der Waals surface area contributed by atoms with E-state index in [2.05, 4.69) is 21.3 Å². The van der Waals surface area contributed by atoms with Crippen molar-refractivity contribution in [2.45, 2.75) is 52.1 Å². The molecule has 0 aromatic rings. The molecular weight excluding hydrogens is 312 g/mol. The van der Waals surface area contributed by atoms with Crippen LogP contribution in [0.15, 0.2) is 0 Å². The van der Waals surface area contributed by atoms with E-state index in [1.165, 1.54) is 0 Å². The lowest BCUT2D eigenvalue weighted by atomic mass is 10.2. The van der Waals surface area contributed by atoms with Crippen molar-refractivity contribution in [1.29, 1.82) is 0 Å². The normalized spacial score (nSPS) is 11.1. The van der Waals surface area contributed by atoms with Crippen LogP contribution in [0, 0.1) is 0 Å². The summed E-state index contributed by atoms with van der Waals surface area (Å²) in [5.74, 6) is 0. The van der Waals surface area contributed by atoms with Gasteiger partial charge in [-0.2, -0.15) is 0 Å². The molecule has 142 valence electrons. The number of carbonyl (C=O) groups is 2. The number of nitrogens with one attached hydrogen (secondary N) is 4. The fourth-order valence-corrected chi connectivity index (χ4v) is 1.88. The van der Waals surface area contributed by atoms with Gasteiger partial charge in [-0.05, 0) is 72.6 Å². The number of rotatable bonds is 13. The highest BCUT2D eigenvalue weighted by Crippen LogP contribution is 2.06. The zero-order valence-electron chi connectivity index (χ0n) is 15.2. The van der Waals surface area contributed by atoms with Crippen molar-refractivity contribution < 1.29 is 19.4 Å². The highest BCUT2D eigenvalue weighted by Gasteiger charge is 2.15. The minimum absolute atomic E-state index is 0.368. The highest BCUT2D eigenvalue weighted by molar-refractivity contribution is 5.67. The van der Waals surface area contributed by atoms with E-state index in [1.54, 1.807) is 0 Å². The number of hydrogen-bond acceptors (Lipinski definition) is 5. The van der Waals surface area contributed by atoms with E-state index in [0.29, 0.717) is 13.1 Å². The second-order valence-electron chi connectivity index (χ2n) is 6.57.